The number of thioether (sulfide) groups is 1. The van der Waals surface area contributed by atoms with Gasteiger partial charge < -0.3 is 10.4 Å². The number of aryl methyl sites for hydroxylation is 1. The topological polar surface area (TPSA) is 80.4 Å². The van der Waals surface area contributed by atoms with Gasteiger partial charge in [-0.25, -0.2) is 0 Å². The molecule has 130 valence electrons. The lowest BCUT2D eigenvalue weighted by atomic mass is 10.2. The van der Waals surface area contributed by atoms with E-state index < -0.39 is 0 Å². The number of aliphatic hydroxyl groups is 1. The summed E-state index contributed by atoms with van der Waals surface area (Å²) in [4.78, 5) is 4.21. The van der Waals surface area contributed by atoms with Crippen molar-refractivity contribution in [3.63, 3.8) is 0 Å². The fourth-order valence-corrected chi connectivity index (χ4v) is 3.43. The van der Waals surface area contributed by atoms with Gasteiger partial charge in [0.05, 0.1) is 31.1 Å². The standard InChI is InChI=1S/C18H21N5OS/c1-14-5-2-3-7-16(14)23-17(15-6-4-8-20-13-15)21-22-18(23)25-12-10-19-9-11-24/h2-8,13,19,24H,9-12H2,1H3/p+1. The number of aromatic nitrogens is 4. The number of quaternary nitrogens is 1. The highest BCUT2D eigenvalue weighted by Crippen LogP contribution is 2.28. The van der Waals surface area contributed by atoms with Crippen LogP contribution in [0, 0.1) is 6.92 Å². The van der Waals surface area contributed by atoms with Crippen LogP contribution in [0.1, 0.15) is 5.56 Å². The molecular weight excluding hydrogens is 334 g/mol. The molecule has 0 spiro atoms. The molecule has 0 atom stereocenters. The van der Waals surface area contributed by atoms with Crippen molar-refractivity contribution in [2.24, 2.45) is 0 Å². The Morgan fingerprint density at radius 2 is 2.00 bits per heavy atom. The van der Waals surface area contributed by atoms with Crippen molar-refractivity contribution in [1.29, 1.82) is 0 Å². The van der Waals surface area contributed by atoms with E-state index in [1.807, 2.05) is 30.5 Å². The second-order valence-electron chi connectivity index (χ2n) is 5.61. The Labute approximate surface area is 151 Å². The van der Waals surface area contributed by atoms with Crippen LogP contribution in [0.4, 0.5) is 0 Å². The smallest absolute Gasteiger partial charge is 0.196 e. The highest BCUT2D eigenvalue weighted by molar-refractivity contribution is 7.99. The predicted molar refractivity (Wildman–Crippen MR) is 98.8 cm³/mol. The minimum Gasteiger partial charge on any atom is -0.391 e. The number of benzene rings is 1. The van der Waals surface area contributed by atoms with Gasteiger partial charge in [0, 0.05) is 18.0 Å². The molecular formula is C18H22N5OS+. The SMILES string of the molecule is Cc1ccccc1-n1c(SCC[NH2+]CCO)nnc1-c1cccnc1. The third kappa shape index (κ3) is 4.25. The summed E-state index contributed by atoms with van der Waals surface area (Å²) in [5, 5.41) is 20.7. The van der Waals surface area contributed by atoms with Crippen molar-refractivity contribution in [1.82, 2.24) is 19.7 Å². The lowest BCUT2D eigenvalue weighted by molar-refractivity contribution is -0.651. The van der Waals surface area contributed by atoms with Crippen LogP contribution in [-0.4, -0.2) is 50.3 Å². The third-order valence-electron chi connectivity index (χ3n) is 3.80. The molecule has 0 unspecified atom stereocenters. The first-order valence-electron chi connectivity index (χ1n) is 8.28. The minimum atomic E-state index is 0.204. The van der Waals surface area contributed by atoms with Crippen LogP contribution >= 0.6 is 11.8 Å². The number of hydrogen-bond acceptors (Lipinski definition) is 5. The Hall–Kier alpha value is -2.22. The van der Waals surface area contributed by atoms with E-state index in [1.165, 1.54) is 5.56 Å². The summed E-state index contributed by atoms with van der Waals surface area (Å²) in [6.45, 7) is 3.95. The van der Waals surface area contributed by atoms with Crippen LogP contribution in [-0.2, 0) is 0 Å². The van der Waals surface area contributed by atoms with Gasteiger partial charge in [0.15, 0.2) is 11.0 Å². The molecule has 3 aromatic rings. The molecule has 3 rings (SSSR count). The summed E-state index contributed by atoms with van der Waals surface area (Å²) in [6, 6.07) is 12.1. The summed E-state index contributed by atoms with van der Waals surface area (Å²) in [6.07, 6.45) is 3.56. The predicted octanol–water partition coefficient (Wildman–Crippen LogP) is 1.29. The Kier molecular flexibility index (Phi) is 6.16. The molecule has 0 aliphatic rings. The molecule has 3 N–H and O–H groups in total. The van der Waals surface area contributed by atoms with Crippen molar-refractivity contribution in [3.8, 4) is 17.1 Å². The number of nitrogens with two attached hydrogens (primary N) is 1. The summed E-state index contributed by atoms with van der Waals surface area (Å²) in [7, 11) is 0. The van der Waals surface area contributed by atoms with Crippen molar-refractivity contribution >= 4 is 11.8 Å². The monoisotopic (exact) mass is 356 g/mol. The second kappa shape index (κ2) is 8.75. The summed E-state index contributed by atoms with van der Waals surface area (Å²) in [5.74, 6) is 1.70. The third-order valence-corrected chi connectivity index (χ3v) is 4.76. The largest absolute Gasteiger partial charge is 0.391 e. The molecule has 0 aliphatic carbocycles. The molecule has 7 heteroatoms. The fourth-order valence-electron chi connectivity index (χ4n) is 2.55. The number of para-hydroxylation sites is 1. The van der Waals surface area contributed by atoms with Gasteiger partial charge in [0.25, 0.3) is 0 Å². The summed E-state index contributed by atoms with van der Waals surface area (Å²) < 4.78 is 2.10. The Morgan fingerprint density at radius 3 is 2.76 bits per heavy atom. The van der Waals surface area contributed by atoms with Crippen LogP contribution in [0.25, 0.3) is 17.1 Å². The first-order chi connectivity index (χ1) is 12.3. The second-order valence-corrected chi connectivity index (χ2v) is 6.67. The van der Waals surface area contributed by atoms with E-state index in [9.17, 15) is 0 Å². The molecule has 0 saturated carbocycles. The van der Waals surface area contributed by atoms with E-state index in [-0.39, 0.29) is 6.61 Å². The number of hydrogen-bond donors (Lipinski definition) is 2. The summed E-state index contributed by atoms with van der Waals surface area (Å²) >= 11 is 1.67. The Bertz CT molecular complexity index is 806. The molecule has 2 heterocycles. The zero-order valence-corrected chi connectivity index (χ0v) is 15.0. The number of aliphatic hydroxyl groups excluding tert-OH is 1. The van der Waals surface area contributed by atoms with E-state index in [0.717, 1.165) is 41.1 Å². The molecule has 1 aromatic carbocycles. The van der Waals surface area contributed by atoms with Crippen LogP contribution in [0.2, 0.25) is 0 Å². The van der Waals surface area contributed by atoms with Crippen molar-refractivity contribution < 1.29 is 10.4 Å². The van der Waals surface area contributed by atoms with Gasteiger partial charge in [0.2, 0.25) is 0 Å². The van der Waals surface area contributed by atoms with E-state index >= 15 is 0 Å². The van der Waals surface area contributed by atoms with Crippen molar-refractivity contribution in [3.05, 3.63) is 54.4 Å². The first kappa shape index (κ1) is 17.6. The molecule has 0 radical (unpaired) electrons. The molecule has 2 aromatic heterocycles. The van der Waals surface area contributed by atoms with Gasteiger partial charge in [0.1, 0.15) is 0 Å². The van der Waals surface area contributed by atoms with E-state index in [2.05, 4.69) is 44.1 Å². The quantitative estimate of drug-likeness (QED) is 0.469. The molecule has 0 bridgehead atoms. The number of pyridine rings is 1. The molecule has 0 aliphatic heterocycles. The zero-order chi connectivity index (χ0) is 17.5. The van der Waals surface area contributed by atoms with Crippen LogP contribution in [0.3, 0.4) is 0 Å². The lowest BCUT2D eigenvalue weighted by Crippen LogP contribution is -2.85. The Balaban J connectivity index is 1.93. The van der Waals surface area contributed by atoms with Gasteiger partial charge in [-0.05, 0) is 30.7 Å². The number of nitrogens with zero attached hydrogens (tertiary/aromatic N) is 4. The van der Waals surface area contributed by atoms with Gasteiger partial charge in [-0.3, -0.25) is 9.55 Å². The van der Waals surface area contributed by atoms with Gasteiger partial charge in [-0.2, -0.15) is 0 Å². The average molecular weight is 356 g/mol. The van der Waals surface area contributed by atoms with Gasteiger partial charge in [-0.15, -0.1) is 10.2 Å². The first-order valence-corrected chi connectivity index (χ1v) is 9.27. The maximum atomic E-state index is 8.86. The zero-order valence-electron chi connectivity index (χ0n) is 14.2. The molecule has 6 nitrogen and oxygen atoms in total. The lowest BCUT2D eigenvalue weighted by Gasteiger charge is -2.12. The maximum absolute atomic E-state index is 8.86. The van der Waals surface area contributed by atoms with E-state index in [4.69, 9.17) is 5.11 Å². The van der Waals surface area contributed by atoms with Crippen molar-refractivity contribution in [2.45, 2.75) is 12.1 Å². The van der Waals surface area contributed by atoms with Gasteiger partial charge >= 0.3 is 0 Å². The van der Waals surface area contributed by atoms with E-state index in [0.29, 0.717) is 0 Å². The van der Waals surface area contributed by atoms with Crippen molar-refractivity contribution in [2.75, 3.05) is 25.4 Å². The number of rotatable bonds is 8. The molecule has 0 amide bonds. The minimum absolute atomic E-state index is 0.204. The Morgan fingerprint density at radius 1 is 1.12 bits per heavy atom. The average Bonchev–Trinajstić information content (AvgIpc) is 3.06. The molecule has 0 saturated heterocycles. The highest BCUT2D eigenvalue weighted by atomic mass is 32.2. The van der Waals surface area contributed by atoms with Crippen LogP contribution in [0.5, 0.6) is 0 Å². The van der Waals surface area contributed by atoms with E-state index in [1.54, 1.807) is 18.0 Å². The molecule has 25 heavy (non-hydrogen) atoms. The van der Waals surface area contributed by atoms with Crippen LogP contribution < -0.4 is 5.32 Å². The highest BCUT2D eigenvalue weighted by Gasteiger charge is 2.17. The maximum Gasteiger partial charge on any atom is 0.196 e. The van der Waals surface area contributed by atoms with Gasteiger partial charge in [-0.1, -0.05) is 30.0 Å². The molecule has 0 fully saturated rings. The van der Waals surface area contributed by atoms with Crippen LogP contribution in [0.15, 0.2) is 53.9 Å². The fraction of sp³-hybridized carbons (Fsp3) is 0.278. The summed E-state index contributed by atoms with van der Waals surface area (Å²) in [5.41, 5.74) is 3.19. The normalized spacial score (nSPS) is 11.0.